The van der Waals surface area contributed by atoms with E-state index in [4.69, 9.17) is 14.6 Å². The first-order valence-electron chi connectivity index (χ1n) is 10.2. The number of carbonyl (C=O) groups excluding carboxylic acids is 1. The van der Waals surface area contributed by atoms with Crippen molar-refractivity contribution < 1.29 is 14.3 Å². The number of ether oxygens (including phenoxy) is 2. The van der Waals surface area contributed by atoms with E-state index in [0.29, 0.717) is 33.5 Å². The molecule has 164 valence electrons. The highest BCUT2D eigenvalue weighted by Gasteiger charge is 2.23. The van der Waals surface area contributed by atoms with Crippen LogP contribution in [0.5, 0.6) is 11.5 Å². The van der Waals surface area contributed by atoms with Gasteiger partial charge in [0.1, 0.15) is 17.2 Å². The molecule has 33 heavy (non-hydrogen) atoms. The predicted molar refractivity (Wildman–Crippen MR) is 130 cm³/mol. The molecule has 2 heterocycles. The SMILES string of the molecule is COc1ccc(OC)c(-c2nn(-c3ccccc3)cc2C(=O)Nc2nc3ccccc3s2)c1. The van der Waals surface area contributed by atoms with E-state index in [0.717, 1.165) is 15.9 Å². The molecule has 8 heteroatoms. The Morgan fingerprint density at radius 1 is 0.970 bits per heavy atom. The number of amides is 1. The van der Waals surface area contributed by atoms with E-state index in [1.54, 1.807) is 37.2 Å². The molecule has 1 N–H and O–H groups in total. The van der Waals surface area contributed by atoms with Crippen LogP contribution in [-0.4, -0.2) is 34.9 Å². The maximum absolute atomic E-state index is 13.4. The van der Waals surface area contributed by atoms with Gasteiger partial charge in [-0.15, -0.1) is 0 Å². The molecule has 5 aromatic rings. The van der Waals surface area contributed by atoms with Gasteiger partial charge in [0, 0.05) is 11.8 Å². The second kappa shape index (κ2) is 8.76. The second-order valence-electron chi connectivity index (χ2n) is 7.18. The molecule has 5 rings (SSSR count). The van der Waals surface area contributed by atoms with Gasteiger partial charge in [-0.05, 0) is 42.5 Å². The lowest BCUT2D eigenvalue weighted by molar-refractivity contribution is 0.102. The number of carbonyl (C=O) groups is 1. The molecule has 0 saturated heterocycles. The zero-order valence-corrected chi connectivity index (χ0v) is 18.8. The Kier molecular flexibility index (Phi) is 5.50. The fourth-order valence-corrected chi connectivity index (χ4v) is 4.40. The number of thiazole rings is 1. The fourth-order valence-electron chi connectivity index (χ4n) is 3.54. The van der Waals surface area contributed by atoms with Crippen LogP contribution in [0.25, 0.3) is 27.2 Å². The summed E-state index contributed by atoms with van der Waals surface area (Å²) < 4.78 is 13.6. The third-order valence-electron chi connectivity index (χ3n) is 5.16. The van der Waals surface area contributed by atoms with Crippen molar-refractivity contribution in [2.24, 2.45) is 0 Å². The molecule has 0 aliphatic rings. The first-order valence-corrected chi connectivity index (χ1v) is 11.0. The lowest BCUT2D eigenvalue weighted by Gasteiger charge is -2.10. The van der Waals surface area contributed by atoms with Crippen LogP contribution < -0.4 is 14.8 Å². The van der Waals surface area contributed by atoms with E-state index in [-0.39, 0.29) is 5.91 Å². The summed E-state index contributed by atoms with van der Waals surface area (Å²) in [5.41, 5.74) is 3.20. The summed E-state index contributed by atoms with van der Waals surface area (Å²) in [5, 5.41) is 8.20. The Labute approximate surface area is 194 Å². The van der Waals surface area contributed by atoms with Gasteiger partial charge in [0.15, 0.2) is 5.13 Å². The number of anilines is 1. The summed E-state index contributed by atoms with van der Waals surface area (Å²) in [4.78, 5) is 17.9. The van der Waals surface area contributed by atoms with Crippen molar-refractivity contribution >= 4 is 32.6 Å². The van der Waals surface area contributed by atoms with Gasteiger partial charge in [0.2, 0.25) is 0 Å². The molecule has 7 nitrogen and oxygen atoms in total. The number of hydrogen-bond acceptors (Lipinski definition) is 6. The van der Waals surface area contributed by atoms with Crippen LogP contribution in [0.15, 0.2) is 79.0 Å². The summed E-state index contributed by atoms with van der Waals surface area (Å²) in [5.74, 6) is 0.914. The summed E-state index contributed by atoms with van der Waals surface area (Å²) in [7, 11) is 3.18. The van der Waals surface area contributed by atoms with Crippen LogP contribution in [0.4, 0.5) is 5.13 Å². The van der Waals surface area contributed by atoms with Crippen LogP contribution in [0.2, 0.25) is 0 Å². The molecular formula is C25H20N4O3S. The van der Waals surface area contributed by atoms with Crippen molar-refractivity contribution in [3.8, 4) is 28.4 Å². The Bertz CT molecular complexity index is 1410. The normalized spacial score (nSPS) is 10.8. The van der Waals surface area contributed by atoms with Crippen molar-refractivity contribution in [1.29, 1.82) is 0 Å². The first-order chi connectivity index (χ1) is 16.2. The van der Waals surface area contributed by atoms with Gasteiger partial charge in [-0.25, -0.2) is 9.67 Å². The van der Waals surface area contributed by atoms with Gasteiger partial charge in [0.05, 0.1) is 35.7 Å². The highest BCUT2D eigenvalue weighted by molar-refractivity contribution is 7.22. The van der Waals surface area contributed by atoms with Crippen molar-refractivity contribution in [2.75, 3.05) is 19.5 Å². The van der Waals surface area contributed by atoms with E-state index >= 15 is 0 Å². The second-order valence-corrected chi connectivity index (χ2v) is 8.21. The standard InChI is InChI=1S/C25H20N4O3S/c1-31-17-12-13-21(32-2)18(14-17)23-19(15-29(28-23)16-8-4-3-5-9-16)24(30)27-25-26-20-10-6-7-11-22(20)33-25/h3-15H,1-2H3,(H,26,27,30). The van der Waals surface area contributed by atoms with Crippen LogP contribution in [0.1, 0.15) is 10.4 Å². The van der Waals surface area contributed by atoms with Gasteiger partial charge in [-0.3, -0.25) is 10.1 Å². The highest BCUT2D eigenvalue weighted by atomic mass is 32.1. The zero-order chi connectivity index (χ0) is 22.8. The molecule has 0 spiro atoms. The van der Waals surface area contributed by atoms with Gasteiger partial charge < -0.3 is 9.47 Å². The Balaban J connectivity index is 1.61. The minimum atomic E-state index is -0.309. The predicted octanol–water partition coefficient (Wildman–Crippen LogP) is 5.42. The zero-order valence-electron chi connectivity index (χ0n) is 18.0. The summed E-state index contributed by atoms with van der Waals surface area (Å²) in [6.45, 7) is 0. The number of methoxy groups -OCH3 is 2. The van der Waals surface area contributed by atoms with Crippen molar-refractivity contribution in [1.82, 2.24) is 14.8 Å². The van der Waals surface area contributed by atoms with Crippen LogP contribution in [-0.2, 0) is 0 Å². The van der Waals surface area contributed by atoms with E-state index in [2.05, 4.69) is 10.3 Å². The molecule has 0 radical (unpaired) electrons. The van der Waals surface area contributed by atoms with Crippen LogP contribution in [0, 0.1) is 0 Å². The monoisotopic (exact) mass is 456 g/mol. The number of benzene rings is 3. The number of nitrogens with one attached hydrogen (secondary N) is 1. The lowest BCUT2D eigenvalue weighted by atomic mass is 10.1. The average Bonchev–Trinajstić information content (AvgIpc) is 3.48. The molecule has 2 aromatic heterocycles. The molecule has 1 amide bonds. The quantitative estimate of drug-likeness (QED) is 0.369. The molecule has 0 bridgehead atoms. The fraction of sp³-hybridized carbons (Fsp3) is 0.0800. The maximum Gasteiger partial charge on any atom is 0.261 e. The maximum atomic E-state index is 13.4. The van der Waals surface area contributed by atoms with E-state index in [1.807, 2.05) is 60.7 Å². The van der Waals surface area contributed by atoms with Gasteiger partial charge in [-0.2, -0.15) is 5.10 Å². The van der Waals surface area contributed by atoms with Crippen molar-refractivity contribution in [3.05, 3.63) is 84.6 Å². The summed E-state index contributed by atoms with van der Waals surface area (Å²) >= 11 is 1.42. The number of nitrogens with zero attached hydrogens (tertiary/aromatic N) is 3. The van der Waals surface area contributed by atoms with E-state index < -0.39 is 0 Å². The number of aromatic nitrogens is 3. The minimum absolute atomic E-state index is 0.309. The van der Waals surface area contributed by atoms with Crippen molar-refractivity contribution in [3.63, 3.8) is 0 Å². The number of hydrogen-bond donors (Lipinski definition) is 1. The van der Waals surface area contributed by atoms with Crippen LogP contribution in [0.3, 0.4) is 0 Å². The molecule has 0 aliphatic heterocycles. The lowest BCUT2D eigenvalue weighted by Crippen LogP contribution is -2.12. The largest absolute Gasteiger partial charge is 0.497 e. The van der Waals surface area contributed by atoms with Gasteiger partial charge >= 0.3 is 0 Å². The third kappa shape index (κ3) is 4.04. The molecule has 0 fully saturated rings. The Morgan fingerprint density at radius 2 is 1.76 bits per heavy atom. The number of para-hydroxylation sites is 2. The van der Waals surface area contributed by atoms with Crippen molar-refractivity contribution in [2.45, 2.75) is 0 Å². The van der Waals surface area contributed by atoms with E-state index in [9.17, 15) is 4.79 Å². The van der Waals surface area contributed by atoms with E-state index in [1.165, 1.54) is 11.3 Å². The first kappa shape index (κ1) is 20.7. The van der Waals surface area contributed by atoms with Crippen LogP contribution >= 0.6 is 11.3 Å². The minimum Gasteiger partial charge on any atom is -0.497 e. The number of fused-ring (bicyclic) bond motifs is 1. The Hall–Kier alpha value is -4.17. The highest BCUT2D eigenvalue weighted by Crippen LogP contribution is 2.35. The topological polar surface area (TPSA) is 78.3 Å². The summed E-state index contributed by atoms with van der Waals surface area (Å²) in [6.07, 6.45) is 1.71. The van der Waals surface area contributed by atoms with Gasteiger partial charge in [0.25, 0.3) is 5.91 Å². The molecule has 3 aromatic carbocycles. The Morgan fingerprint density at radius 3 is 2.52 bits per heavy atom. The molecule has 0 aliphatic carbocycles. The molecular weight excluding hydrogens is 436 g/mol. The smallest absolute Gasteiger partial charge is 0.261 e. The molecule has 0 atom stereocenters. The third-order valence-corrected chi connectivity index (χ3v) is 6.11. The molecule has 0 unspecified atom stereocenters. The number of rotatable bonds is 6. The molecule has 0 saturated carbocycles. The average molecular weight is 457 g/mol. The van der Waals surface area contributed by atoms with Gasteiger partial charge in [-0.1, -0.05) is 41.7 Å². The summed E-state index contributed by atoms with van der Waals surface area (Å²) in [6, 6.07) is 22.8.